The second kappa shape index (κ2) is 2.53. The molecule has 0 nitrogen and oxygen atoms in total. The van der Waals surface area contributed by atoms with Gasteiger partial charge in [0.15, 0.2) is 0 Å². The van der Waals surface area contributed by atoms with Crippen LogP contribution in [0, 0.1) is 17.3 Å². The average Bonchev–Trinajstić information content (AvgIpc) is 1.99. The van der Waals surface area contributed by atoms with E-state index < -0.39 is 0 Å². The zero-order chi connectivity index (χ0) is 9.10. The van der Waals surface area contributed by atoms with Gasteiger partial charge in [-0.3, -0.25) is 0 Å². The normalized spacial score (nSPS) is 58.6. The summed E-state index contributed by atoms with van der Waals surface area (Å²) >= 11 is 4.03. The minimum atomic E-state index is 0.576. The molecular weight excluding hydrogens is 224 g/mol. The fourth-order valence-corrected chi connectivity index (χ4v) is 6.26. The molecule has 0 saturated heterocycles. The summed E-state index contributed by atoms with van der Waals surface area (Å²) in [4.78, 5) is 0. The van der Waals surface area contributed by atoms with Gasteiger partial charge in [0.2, 0.25) is 0 Å². The van der Waals surface area contributed by atoms with Crippen molar-refractivity contribution < 1.29 is 0 Å². The molecule has 0 unspecified atom stereocenters. The van der Waals surface area contributed by atoms with Crippen molar-refractivity contribution in [3.8, 4) is 0 Å². The van der Waals surface area contributed by atoms with Crippen molar-refractivity contribution in [3.05, 3.63) is 0 Å². The summed E-state index contributed by atoms with van der Waals surface area (Å²) in [7, 11) is 0. The maximum absolute atomic E-state index is 4.03. The van der Waals surface area contributed by atoms with E-state index >= 15 is 0 Å². The van der Waals surface area contributed by atoms with Crippen molar-refractivity contribution in [3.63, 3.8) is 0 Å². The number of hydrogen-bond acceptors (Lipinski definition) is 0. The Morgan fingerprint density at radius 2 is 1.77 bits per heavy atom. The average molecular weight is 243 g/mol. The molecule has 1 heteroatoms. The second-order valence-corrected chi connectivity index (χ2v) is 7.65. The maximum Gasteiger partial charge on any atom is 0.0268 e. The van der Waals surface area contributed by atoms with Crippen LogP contribution in [0.2, 0.25) is 0 Å². The molecule has 0 N–H and O–H groups in total. The Balaban J connectivity index is 1.95. The fraction of sp³-hybridized carbons (Fsp3) is 1.00. The van der Waals surface area contributed by atoms with Crippen LogP contribution < -0.4 is 0 Å². The van der Waals surface area contributed by atoms with Crippen molar-refractivity contribution in [1.82, 2.24) is 0 Å². The summed E-state index contributed by atoms with van der Waals surface area (Å²) in [5.74, 6) is 2.14. The molecule has 4 bridgehead atoms. The van der Waals surface area contributed by atoms with E-state index in [2.05, 4.69) is 22.9 Å². The largest absolute Gasteiger partial charge is 0.0853 e. The Labute approximate surface area is 89.6 Å². The molecular formula is C12H19Br. The zero-order valence-corrected chi connectivity index (χ0v) is 10.1. The van der Waals surface area contributed by atoms with Crippen LogP contribution in [0.15, 0.2) is 0 Å². The third kappa shape index (κ3) is 1.22. The molecule has 0 radical (unpaired) electrons. The van der Waals surface area contributed by atoms with Gasteiger partial charge in [-0.25, -0.2) is 0 Å². The van der Waals surface area contributed by atoms with Gasteiger partial charge in [-0.15, -0.1) is 0 Å². The highest BCUT2D eigenvalue weighted by Crippen LogP contribution is 2.65. The summed E-state index contributed by atoms with van der Waals surface area (Å²) in [6, 6.07) is 0. The van der Waals surface area contributed by atoms with Gasteiger partial charge in [0.25, 0.3) is 0 Å². The van der Waals surface area contributed by atoms with Crippen LogP contribution in [0.4, 0.5) is 0 Å². The van der Waals surface area contributed by atoms with Gasteiger partial charge in [-0.1, -0.05) is 29.3 Å². The van der Waals surface area contributed by atoms with E-state index in [-0.39, 0.29) is 0 Å². The summed E-state index contributed by atoms with van der Waals surface area (Å²) < 4.78 is 0.576. The lowest BCUT2D eigenvalue weighted by atomic mass is 9.49. The van der Waals surface area contributed by atoms with E-state index in [1.165, 1.54) is 25.7 Å². The molecule has 4 aliphatic carbocycles. The van der Waals surface area contributed by atoms with Gasteiger partial charge in [0, 0.05) is 4.32 Å². The van der Waals surface area contributed by atoms with Gasteiger partial charge < -0.3 is 0 Å². The molecule has 74 valence electrons. The van der Waals surface area contributed by atoms with E-state index in [1.54, 1.807) is 19.3 Å². The third-order valence-corrected chi connectivity index (χ3v) is 5.79. The number of rotatable bonds is 1. The molecule has 2 atom stereocenters. The van der Waals surface area contributed by atoms with Crippen molar-refractivity contribution >= 4 is 15.9 Å². The van der Waals surface area contributed by atoms with E-state index in [9.17, 15) is 0 Å². The minimum Gasteiger partial charge on any atom is -0.0853 e. The highest BCUT2D eigenvalue weighted by Gasteiger charge is 2.55. The first-order valence-corrected chi connectivity index (χ1v) is 6.61. The standard InChI is InChI=1S/C12H19Br/c1-2-11-4-9-3-10(5-11)7-12(13,6-9)8-11/h9-10H,2-8H2,1H3/t9-,10-,11?,12?/m0/s1. The molecule has 4 aliphatic rings. The van der Waals surface area contributed by atoms with Crippen LogP contribution >= 0.6 is 15.9 Å². The lowest BCUT2D eigenvalue weighted by Crippen LogP contribution is -2.52. The topological polar surface area (TPSA) is 0 Å². The Morgan fingerprint density at radius 3 is 2.23 bits per heavy atom. The monoisotopic (exact) mass is 242 g/mol. The van der Waals surface area contributed by atoms with Crippen molar-refractivity contribution in [2.75, 3.05) is 0 Å². The van der Waals surface area contributed by atoms with E-state index in [1.807, 2.05) is 0 Å². The summed E-state index contributed by atoms with van der Waals surface area (Å²) in [5.41, 5.74) is 0.758. The van der Waals surface area contributed by atoms with Gasteiger partial charge in [0.1, 0.15) is 0 Å². The lowest BCUT2D eigenvalue weighted by Gasteiger charge is -2.60. The van der Waals surface area contributed by atoms with Crippen molar-refractivity contribution in [1.29, 1.82) is 0 Å². The SMILES string of the molecule is CCC12C[C@@H]3C[C@H](CC(Br)(C3)C1)C2. The van der Waals surface area contributed by atoms with Crippen LogP contribution in [0.5, 0.6) is 0 Å². The Bertz CT molecular complexity index is 219. The number of halogens is 1. The molecule has 0 aliphatic heterocycles. The summed E-state index contributed by atoms with van der Waals surface area (Å²) in [5, 5.41) is 0. The van der Waals surface area contributed by atoms with Crippen LogP contribution in [0.25, 0.3) is 0 Å². The molecule has 0 amide bonds. The van der Waals surface area contributed by atoms with Crippen LogP contribution in [0.1, 0.15) is 51.9 Å². The second-order valence-electron chi connectivity index (χ2n) is 5.97. The molecule has 4 rings (SSSR count). The van der Waals surface area contributed by atoms with E-state index in [4.69, 9.17) is 0 Å². The van der Waals surface area contributed by atoms with Crippen molar-refractivity contribution in [2.24, 2.45) is 17.3 Å². The van der Waals surface area contributed by atoms with Gasteiger partial charge in [-0.2, -0.15) is 0 Å². The maximum atomic E-state index is 4.03. The molecule has 0 heterocycles. The van der Waals surface area contributed by atoms with E-state index in [0.717, 1.165) is 17.3 Å². The lowest BCUT2D eigenvalue weighted by molar-refractivity contribution is -0.0370. The van der Waals surface area contributed by atoms with Gasteiger partial charge in [0.05, 0.1) is 0 Å². The minimum absolute atomic E-state index is 0.576. The van der Waals surface area contributed by atoms with Crippen LogP contribution in [-0.4, -0.2) is 4.32 Å². The Kier molecular flexibility index (Phi) is 1.71. The molecule has 0 spiro atoms. The van der Waals surface area contributed by atoms with Crippen LogP contribution in [0.3, 0.4) is 0 Å². The van der Waals surface area contributed by atoms with Gasteiger partial charge in [-0.05, 0) is 55.8 Å². The summed E-state index contributed by atoms with van der Waals surface area (Å²) in [6.45, 7) is 2.41. The highest BCUT2D eigenvalue weighted by atomic mass is 79.9. The molecule has 0 aromatic heterocycles. The number of alkyl halides is 1. The highest BCUT2D eigenvalue weighted by molar-refractivity contribution is 9.10. The van der Waals surface area contributed by atoms with Gasteiger partial charge >= 0.3 is 0 Å². The molecule has 4 fully saturated rings. The predicted octanol–water partition coefficient (Wildman–Crippen LogP) is 4.13. The predicted molar refractivity (Wildman–Crippen MR) is 59.1 cm³/mol. The molecule has 0 aromatic carbocycles. The van der Waals surface area contributed by atoms with Crippen LogP contribution in [-0.2, 0) is 0 Å². The zero-order valence-electron chi connectivity index (χ0n) is 8.48. The van der Waals surface area contributed by atoms with E-state index in [0.29, 0.717) is 4.32 Å². The first-order chi connectivity index (χ1) is 6.13. The van der Waals surface area contributed by atoms with Crippen molar-refractivity contribution in [2.45, 2.75) is 56.2 Å². The number of hydrogen-bond donors (Lipinski definition) is 0. The first-order valence-electron chi connectivity index (χ1n) is 5.82. The molecule has 13 heavy (non-hydrogen) atoms. The quantitative estimate of drug-likeness (QED) is 0.607. The molecule has 4 saturated carbocycles. The Hall–Kier alpha value is 0.480. The summed E-state index contributed by atoms with van der Waals surface area (Å²) in [6.07, 6.45) is 10.5. The molecule has 0 aromatic rings. The smallest absolute Gasteiger partial charge is 0.0268 e. The first kappa shape index (κ1) is 8.76. The fourth-order valence-electron chi connectivity index (χ4n) is 4.75. The third-order valence-electron chi connectivity index (χ3n) is 4.86. The Morgan fingerprint density at radius 1 is 1.15 bits per heavy atom.